The SMILES string of the molecule is CCN(CC)CCCNC1CC(C)N(C)C1. The number of nitrogens with one attached hydrogen (secondary N) is 1. The lowest BCUT2D eigenvalue weighted by molar-refractivity contribution is 0.294. The van der Waals surface area contributed by atoms with Crippen LogP contribution in [0.5, 0.6) is 0 Å². The van der Waals surface area contributed by atoms with Crippen molar-refractivity contribution in [2.24, 2.45) is 0 Å². The lowest BCUT2D eigenvalue weighted by atomic mass is 10.2. The fraction of sp³-hybridized carbons (Fsp3) is 1.00. The predicted octanol–water partition coefficient (Wildman–Crippen LogP) is 1.40. The first-order valence-corrected chi connectivity index (χ1v) is 6.83. The second-order valence-electron chi connectivity index (χ2n) is 5.06. The first-order valence-electron chi connectivity index (χ1n) is 6.83. The maximum Gasteiger partial charge on any atom is 0.0209 e. The molecule has 2 unspecified atom stereocenters. The van der Waals surface area contributed by atoms with Gasteiger partial charge in [0.25, 0.3) is 0 Å². The molecule has 0 radical (unpaired) electrons. The molecule has 3 nitrogen and oxygen atoms in total. The third-order valence-electron chi connectivity index (χ3n) is 3.87. The van der Waals surface area contributed by atoms with Crippen LogP contribution >= 0.6 is 0 Å². The summed E-state index contributed by atoms with van der Waals surface area (Å²) >= 11 is 0. The Labute approximate surface area is 101 Å². The average Bonchev–Trinajstić information content (AvgIpc) is 2.59. The van der Waals surface area contributed by atoms with Gasteiger partial charge in [-0.2, -0.15) is 0 Å². The van der Waals surface area contributed by atoms with E-state index in [4.69, 9.17) is 0 Å². The Morgan fingerprint density at radius 1 is 1.31 bits per heavy atom. The molecule has 16 heavy (non-hydrogen) atoms. The van der Waals surface area contributed by atoms with E-state index in [1.54, 1.807) is 0 Å². The summed E-state index contributed by atoms with van der Waals surface area (Å²) in [4.78, 5) is 4.94. The maximum absolute atomic E-state index is 3.68. The molecule has 2 atom stereocenters. The molecule has 1 rings (SSSR count). The Morgan fingerprint density at radius 3 is 2.50 bits per heavy atom. The van der Waals surface area contributed by atoms with Gasteiger partial charge in [-0.1, -0.05) is 13.8 Å². The van der Waals surface area contributed by atoms with Gasteiger partial charge in [0.2, 0.25) is 0 Å². The molecule has 1 heterocycles. The number of rotatable bonds is 7. The van der Waals surface area contributed by atoms with E-state index in [2.05, 4.69) is 42.9 Å². The Balaban J connectivity index is 2.03. The molecule has 0 aliphatic carbocycles. The highest BCUT2D eigenvalue weighted by molar-refractivity contribution is 4.84. The molecule has 1 aliphatic heterocycles. The van der Waals surface area contributed by atoms with Crippen LogP contribution in [-0.4, -0.2) is 61.7 Å². The minimum absolute atomic E-state index is 0.719. The summed E-state index contributed by atoms with van der Waals surface area (Å²) in [6, 6.07) is 1.47. The zero-order valence-electron chi connectivity index (χ0n) is 11.5. The number of hydrogen-bond acceptors (Lipinski definition) is 3. The van der Waals surface area contributed by atoms with Crippen LogP contribution in [0.1, 0.15) is 33.6 Å². The quantitative estimate of drug-likeness (QED) is 0.663. The normalized spacial score (nSPS) is 26.8. The van der Waals surface area contributed by atoms with Crippen molar-refractivity contribution >= 4 is 0 Å². The van der Waals surface area contributed by atoms with E-state index in [0.29, 0.717) is 0 Å². The molecule has 3 heteroatoms. The molecule has 1 aliphatic rings. The summed E-state index contributed by atoms with van der Waals surface area (Å²) in [5, 5.41) is 3.68. The van der Waals surface area contributed by atoms with Crippen LogP contribution in [0.15, 0.2) is 0 Å². The number of likely N-dealkylation sites (N-methyl/N-ethyl adjacent to an activating group) is 1. The minimum Gasteiger partial charge on any atom is -0.313 e. The Hall–Kier alpha value is -0.120. The van der Waals surface area contributed by atoms with Crippen LogP contribution in [0.2, 0.25) is 0 Å². The largest absolute Gasteiger partial charge is 0.313 e. The van der Waals surface area contributed by atoms with Crippen molar-refractivity contribution < 1.29 is 0 Å². The second-order valence-corrected chi connectivity index (χ2v) is 5.06. The van der Waals surface area contributed by atoms with Gasteiger partial charge in [0.05, 0.1) is 0 Å². The summed E-state index contributed by atoms with van der Waals surface area (Å²) in [5.41, 5.74) is 0. The molecular formula is C13H29N3. The molecule has 1 N–H and O–H groups in total. The van der Waals surface area contributed by atoms with Gasteiger partial charge >= 0.3 is 0 Å². The molecule has 0 aromatic carbocycles. The third kappa shape index (κ3) is 4.40. The second kappa shape index (κ2) is 7.25. The van der Waals surface area contributed by atoms with E-state index in [9.17, 15) is 0 Å². The highest BCUT2D eigenvalue weighted by atomic mass is 15.2. The molecule has 1 fully saturated rings. The highest BCUT2D eigenvalue weighted by Gasteiger charge is 2.25. The van der Waals surface area contributed by atoms with Gasteiger partial charge in [0.1, 0.15) is 0 Å². The first-order chi connectivity index (χ1) is 7.67. The van der Waals surface area contributed by atoms with Crippen LogP contribution in [-0.2, 0) is 0 Å². The summed E-state index contributed by atoms with van der Waals surface area (Å²) in [7, 11) is 2.22. The highest BCUT2D eigenvalue weighted by Crippen LogP contribution is 2.14. The molecule has 0 amide bonds. The minimum atomic E-state index is 0.719. The lowest BCUT2D eigenvalue weighted by Crippen LogP contribution is -2.34. The van der Waals surface area contributed by atoms with E-state index in [-0.39, 0.29) is 0 Å². The first kappa shape index (κ1) is 13.9. The average molecular weight is 227 g/mol. The lowest BCUT2D eigenvalue weighted by Gasteiger charge is -2.19. The molecule has 0 spiro atoms. The monoisotopic (exact) mass is 227 g/mol. The van der Waals surface area contributed by atoms with E-state index in [0.717, 1.165) is 12.1 Å². The van der Waals surface area contributed by atoms with E-state index < -0.39 is 0 Å². The van der Waals surface area contributed by atoms with Crippen LogP contribution < -0.4 is 5.32 Å². The Kier molecular flexibility index (Phi) is 6.32. The molecule has 0 bridgehead atoms. The van der Waals surface area contributed by atoms with Gasteiger partial charge in [-0.3, -0.25) is 0 Å². The van der Waals surface area contributed by atoms with E-state index in [1.807, 2.05) is 0 Å². The molecule has 0 aromatic rings. The summed E-state index contributed by atoms with van der Waals surface area (Å²) in [6.45, 7) is 12.8. The van der Waals surface area contributed by atoms with E-state index in [1.165, 1.54) is 45.6 Å². The molecule has 96 valence electrons. The van der Waals surface area contributed by atoms with Crippen molar-refractivity contribution in [1.29, 1.82) is 0 Å². The third-order valence-corrected chi connectivity index (χ3v) is 3.87. The smallest absolute Gasteiger partial charge is 0.0209 e. The summed E-state index contributed by atoms with van der Waals surface area (Å²) < 4.78 is 0. The molecule has 1 saturated heterocycles. The van der Waals surface area contributed by atoms with Crippen molar-refractivity contribution in [1.82, 2.24) is 15.1 Å². The van der Waals surface area contributed by atoms with Crippen LogP contribution in [0.4, 0.5) is 0 Å². The van der Waals surface area contributed by atoms with Gasteiger partial charge in [0.15, 0.2) is 0 Å². The van der Waals surface area contributed by atoms with Crippen molar-refractivity contribution in [2.45, 2.75) is 45.7 Å². The van der Waals surface area contributed by atoms with Crippen molar-refractivity contribution in [3.63, 3.8) is 0 Å². The van der Waals surface area contributed by atoms with Crippen LogP contribution in [0, 0.1) is 0 Å². The molecule has 0 aromatic heterocycles. The van der Waals surface area contributed by atoms with Gasteiger partial charge in [0, 0.05) is 18.6 Å². The summed E-state index contributed by atoms with van der Waals surface area (Å²) in [6.07, 6.45) is 2.58. The Bertz CT molecular complexity index is 170. The van der Waals surface area contributed by atoms with E-state index >= 15 is 0 Å². The number of hydrogen-bond donors (Lipinski definition) is 1. The van der Waals surface area contributed by atoms with Gasteiger partial charge in [-0.05, 0) is 53.0 Å². The van der Waals surface area contributed by atoms with Gasteiger partial charge in [-0.15, -0.1) is 0 Å². The van der Waals surface area contributed by atoms with Crippen molar-refractivity contribution in [3.05, 3.63) is 0 Å². The van der Waals surface area contributed by atoms with Gasteiger partial charge in [-0.25, -0.2) is 0 Å². The predicted molar refractivity (Wildman–Crippen MR) is 70.9 cm³/mol. The van der Waals surface area contributed by atoms with Crippen LogP contribution in [0.25, 0.3) is 0 Å². The number of likely N-dealkylation sites (tertiary alicyclic amines) is 1. The van der Waals surface area contributed by atoms with Crippen LogP contribution in [0.3, 0.4) is 0 Å². The van der Waals surface area contributed by atoms with Gasteiger partial charge < -0.3 is 15.1 Å². The van der Waals surface area contributed by atoms with Crippen molar-refractivity contribution in [3.8, 4) is 0 Å². The Morgan fingerprint density at radius 2 is 2.00 bits per heavy atom. The zero-order valence-corrected chi connectivity index (χ0v) is 11.5. The van der Waals surface area contributed by atoms with Crippen molar-refractivity contribution in [2.75, 3.05) is 39.8 Å². The molecule has 0 saturated carbocycles. The topological polar surface area (TPSA) is 18.5 Å². The fourth-order valence-corrected chi connectivity index (χ4v) is 2.49. The maximum atomic E-state index is 3.68. The zero-order chi connectivity index (χ0) is 12.0. The molecular weight excluding hydrogens is 198 g/mol. The number of nitrogens with zero attached hydrogens (tertiary/aromatic N) is 2. The standard InChI is InChI=1S/C13H29N3/c1-5-16(6-2)9-7-8-14-13-10-12(3)15(4)11-13/h12-14H,5-11H2,1-4H3. The fourth-order valence-electron chi connectivity index (χ4n) is 2.49. The summed E-state index contributed by atoms with van der Waals surface area (Å²) in [5.74, 6) is 0.